The van der Waals surface area contributed by atoms with Crippen molar-refractivity contribution in [3.05, 3.63) is 65.5 Å². The van der Waals surface area contributed by atoms with Crippen molar-refractivity contribution in [2.75, 3.05) is 10.6 Å². The number of hydrogen-bond donors (Lipinski definition) is 2. The van der Waals surface area contributed by atoms with Crippen LogP contribution in [-0.2, 0) is 4.79 Å². The smallest absolute Gasteiger partial charge is 0.257 e. The number of allylic oxidation sites excluding steroid dienone is 2. The second kappa shape index (κ2) is 7.95. The largest absolute Gasteiger partial charge is 0.324 e. The molecule has 1 aliphatic rings. The van der Waals surface area contributed by atoms with Gasteiger partial charge in [-0.15, -0.1) is 0 Å². The number of nitrogens with zero attached hydrogens (tertiary/aromatic N) is 1. The Bertz CT molecular complexity index is 858. The molecule has 2 N–H and O–H groups in total. The Kier molecular flexibility index (Phi) is 5.46. The third-order valence-electron chi connectivity index (χ3n) is 4.48. The lowest BCUT2D eigenvalue weighted by atomic mass is 10.0. The molecule has 0 saturated carbocycles. The van der Waals surface area contributed by atoms with E-state index in [2.05, 4.69) is 27.8 Å². The van der Waals surface area contributed by atoms with E-state index in [4.69, 9.17) is 0 Å². The molecular formula is C21H23N3O2. The summed E-state index contributed by atoms with van der Waals surface area (Å²) in [6.45, 7) is 3.70. The van der Waals surface area contributed by atoms with Gasteiger partial charge < -0.3 is 10.6 Å². The summed E-state index contributed by atoms with van der Waals surface area (Å²) in [7, 11) is 0. The van der Waals surface area contributed by atoms with Crippen molar-refractivity contribution in [2.45, 2.75) is 33.1 Å². The van der Waals surface area contributed by atoms with Crippen molar-refractivity contribution in [3.8, 4) is 0 Å². The highest BCUT2D eigenvalue weighted by molar-refractivity contribution is 6.07. The average Bonchev–Trinajstić information content (AvgIpc) is 3.09. The fraction of sp³-hybridized carbons (Fsp3) is 0.286. The standard InChI is InChI=1S/C21H23N3O2/c1-14-11-12-17(15(2)22-14)21(26)24-19-10-6-5-9-18(19)23-20(25)13-16-7-3-4-8-16/h3,5-7,9-12,16H,4,8,13H2,1-2H3,(H,23,25)(H,24,26)/t16-/m0/s1. The van der Waals surface area contributed by atoms with Crippen molar-refractivity contribution >= 4 is 23.2 Å². The van der Waals surface area contributed by atoms with Gasteiger partial charge >= 0.3 is 0 Å². The Balaban J connectivity index is 1.71. The summed E-state index contributed by atoms with van der Waals surface area (Å²) in [5, 5.41) is 5.79. The fourth-order valence-electron chi connectivity index (χ4n) is 3.12. The zero-order valence-corrected chi connectivity index (χ0v) is 15.1. The van der Waals surface area contributed by atoms with E-state index in [0.29, 0.717) is 35.0 Å². The highest BCUT2D eigenvalue weighted by Crippen LogP contribution is 2.25. The topological polar surface area (TPSA) is 71.1 Å². The lowest BCUT2D eigenvalue weighted by Crippen LogP contribution is -2.18. The van der Waals surface area contributed by atoms with E-state index in [-0.39, 0.29) is 11.8 Å². The SMILES string of the molecule is Cc1ccc(C(=O)Nc2ccccc2NC(=O)C[C@H]2C=CCC2)c(C)n1. The van der Waals surface area contributed by atoms with Crippen LogP contribution in [0.5, 0.6) is 0 Å². The van der Waals surface area contributed by atoms with Crippen molar-refractivity contribution in [2.24, 2.45) is 5.92 Å². The van der Waals surface area contributed by atoms with Crippen LogP contribution in [0.3, 0.4) is 0 Å². The fourth-order valence-corrected chi connectivity index (χ4v) is 3.12. The third-order valence-corrected chi connectivity index (χ3v) is 4.48. The normalized spacial score (nSPS) is 15.7. The van der Waals surface area contributed by atoms with E-state index in [9.17, 15) is 9.59 Å². The van der Waals surface area contributed by atoms with E-state index < -0.39 is 0 Å². The van der Waals surface area contributed by atoms with Crippen molar-refractivity contribution in [3.63, 3.8) is 0 Å². The summed E-state index contributed by atoms with van der Waals surface area (Å²) in [4.78, 5) is 29.2. The summed E-state index contributed by atoms with van der Waals surface area (Å²) in [6.07, 6.45) is 6.73. The summed E-state index contributed by atoms with van der Waals surface area (Å²) in [5.74, 6) is 0.0184. The van der Waals surface area contributed by atoms with Gasteiger partial charge in [0.2, 0.25) is 5.91 Å². The molecule has 0 aliphatic heterocycles. The van der Waals surface area contributed by atoms with Gasteiger partial charge in [-0.25, -0.2) is 0 Å². The van der Waals surface area contributed by atoms with Gasteiger partial charge in [-0.2, -0.15) is 0 Å². The summed E-state index contributed by atoms with van der Waals surface area (Å²) in [5.41, 5.74) is 3.25. The third kappa shape index (κ3) is 4.36. The molecule has 0 saturated heterocycles. The molecule has 2 aromatic rings. The first-order valence-corrected chi connectivity index (χ1v) is 8.84. The number of benzene rings is 1. The molecule has 0 radical (unpaired) electrons. The molecule has 5 nitrogen and oxygen atoms in total. The van der Waals surface area contributed by atoms with Gasteiger partial charge in [0.1, 0.15) is 0 Å². The second-order valence-electron chi connectivity index (χ2n) is 6.60. The first kappa shape index (κ1) is 17.9. The van der Waals surface area contributed by atoms with E-state index in [1.54, 1.807) is 18.2 Å². The number of amides is 2. The lowest BCUT2D eigenvalue weighted by molar-refractivity contribution is -0.116. The molecule has 3 rings (SSSR count). The van der Waals surface area contributed by atoms with Crippen LogP contribution in [0.1, 0.15) is 41.0 Å². The molecule has 2 amide bonds. The van der Waals surface area contributed by atoms with Gasteiger partial charge in [0, 0.05) is 12.1 Å². The molecule has 1 atom stereocenters. The van der Waals surface area contributed by atoms with E-state index in [0.717, 1.165) is 18.5 Å². The molecule has 1 aromatic heterocycles. The zero-order valence-electron chi connectivity index (χ0n) is 15.1. The number of rotatable bonds is 5. The number of para-hydroxylation sites is 2. The number of aromatic nitrogens is 1. The van der Waals surface area contributed by atoms with Crippen LogP contribution >= 0.6 is 0 Å². The maximum absolute atomic E-state index is 12.6. The highest BCUT2D eigenvalue weighted by Gasteiger charge is 2.16. The monoisotopic (exact) mass is 349 g/mol. The zero-order chi connectivity index (χ0) is 18.5. The molecule has 0 fully saturated rings. The number of hydrogen-bond acceptors (Lipinski definition) is 3. The molecule has 134 valence electrons. The molecule has 1 aliphatic carbocycles. The number of carbonyl (C=O) groups is 2. The average molecular weight is 349 g/mol. The van der Waals surface area contributed by atoms with Crippen LogP contribution in [-0.4, -0.2) is 16.8 Å². The first-order valence-electron chi connectivity index (χ1n) is 8.84. The Morgan fingerprint density at radius 1 is 1.08 bits per heavy atom. The predicted octanol–water partition coefficient (Wildman–Crippen LogP) is 4.25. The Labute approximate surface area is 153 Å². The highest BCUT2D eigenvalue weighted by atomic mass is 16.2. The number of nitrogens with one attached hydrogen (secondary N) is 2. The van der Waals surface area contributed by atoms with Crippen LogP contribution in [0.15, 0.2) is 48.6 Å². The van der Waals surface area contributed by atoms with E-state index >= 15 is 0 Å². The minimum Gasteiger partial charge on any atom is -0.324 e. The second-order valence-corrected chi connectivity index (χ2v) is 6.60. The summed E-state index contributed by atoms with van der Waals surface area (Å²) >= 11 is 0. The lowest BCUT2D eigenvalue weighted by Gasteiger charge is -2.14. The van der Waals surface area contributed by atoms with Crippen LogP contribution in [0.25, 0.3) is 0 Å². The molecule has 1 heterocycles. The number of aryl methyl sites for hydroxylation is 2. The molecule has 26 heavy (non-hydrogen) atoms. The quantitative estimate of drug-likeness (QED) is 0.793. The first-order chi connectivity index (χ1) is 12.5. The van der Waals surface area contributed by atoms with Crippen LogP contribution in [0, 0.1) is 19.8 Å². The molecule has 0 unspecified atom stereocenters. The number of pyridine rings is 1. The van der Waals surface area contributed by atoms with Gasteiger partial charge in [-0.1, -0.05) is 24.3 Å². The van der Waals surface area contributed by atoms with Gasteiger partial charge in [-0.05, 0) is 56.9 Å². The maximum atomic E-state index is 12.6. The maximum Gasteiger partial charge on any atom is 0.257 e. The summed E-state index contributed by atoms with van der Waals surface area (Å²) in [6, 6.07) is 10.8. The van der Waals surface area contributed by atoms with E-state index in [1.165, 1.54) is 0 Å². The van der Waals surface area contributed by atoms with Crippen molar-refractivity contribution in [1.82, 2.24) is 4.98 Å². The number of carbonyl (C=O) groups excluding carboxylic acids is 2. The van der Waals surface area contributed by atoms with Crippen LogP contribution in [0.4, 0.5) is 11.4 Å². The molecule has 0 bridgehead atoms. The van der Waals surface area contributed by atoms with Crippen molar-refractivity contribution < 1.29 is 9.59 Å². The molecular weight excluding hydrogens is 326 g/mol. The number of anilines is 2. The Hall–Kier alpha value is -2.95. The molecule has 0 spiro atoms. The Morgan fingerprint density at radius 3 is 2.46 bits per heavy atom. The minimum atomic E-state index is -0.240. The molecule has 1 aromatic carbocycles. The molecule has 5 heteroatoms. The Morgan fingerprint density at radius 2 is 1.81 bits per heavy atom. The van der Waals surface area contributed by atoms with Crippen LogP contribution < -0.4 is 10.6 Å². The van der Waals surface area contributed by atoms with Gasteiger partial charge in [0.15, 0.2) is 0 Å². The van der Waals surface area contributed by atoms with E-state index in [1.807, 2.05) is 32.0 Å². The summed E-state index contributed by atoms with van der Waals surface area (Å²) < 4.78 is 0. The van der Waals surface area contributed by atoms with Crippen molar-refractivity contribution in [1.29, 1.82) is 0 Å². The van der Waals surface area contributed by atoms with Gasteiger partial charge in [0.25, 0.3) is 5.91 Å². The van der Waals surface area contributed by atoms with Gasteiger partial charge in [0.05, 0.1) is 22.6 Å². The minimum absolute atomic E-state index is 0.0450. The van der Waals surface area contributed by atoms with Gasteiger partial charge in [-0.3, -0.25) is 14.6 Å². The predicted molar refractivity (Wildman–Crippen MR) is 103 cm³/mol. The van der Waals surface area contributed by atoms with Crippen LogP contribution in [0.2, 0.25) is 0 Å².